The second-order valence-corrected chi connectivity index (χ2v) is 4.79. The van der Waals surface area contributed by atoms with E-state index < -0.39 is 11.9 Å². The first-order valence-corrected chi connectivity index (χ1v) is 6.79. The third kappa shape index (κ3) is 3.66. The van der Waals surface area contributed by atoms with Crippen LogP contribution in [0.15, 0.2) is 34.7 Å². The summed E-state index contributed by atoms with van der Waals surface area (Å²) in [5.41, 5.74) is 2.06. The van der Waals surface area contributed by atoms with Gasteiger partial charge < -0.3 is 19.6 Å². The molecule has 0 aliphatic rings. The quantitative estimate of drug-likeness (QED) is 0.800. The van der Waals surface area contributed by atoms with Crippen LogP contribution in [0.25, 0.3) is 0 Å². The number of carboxylic acid groups (broad SMARTS) is 1. The van der Waals surface area contributed by atoms with Gasteiger partial charge in [-0.25, -0.2) is 4.79 Å². The van der Waals surface area contributed by atoms with E-state index in [-0.39, 0.29) is 18.1 Å². The van der Waals surface area contributed by atoms with Gasteiger partial charge in [-0.3, -0.25) is 4.79 Å². The minimum Gasteiger partial charge on any atom is -0.491 e. The second-order valence-electron chi connectivity index (χ2n) is 4.79. The van der Waals surface area contributed by atoms with Gasteiger partial charge in [0.25, 0.3) is 5.91 Å². The molecular weight excluding hydrogens is 286 g/mol. The van der Waals surface area contributed by atoms with Crippen molar-refractivity contribution in [2.24, 2.45) is 0 Å². The van der Waals surface area contributed by atoms with Crippen molar-refractivity contribution in [1.29, 1.82) is 0 Å². The Morgan fingerprint density at radius 1 is 1.14 bits per heavy atom. The standard InChI is InChI=1S/C16H17NO5/c1-10-4-3-5-11(2)14(10)21-9-8-17-15(18)12-6-7-13(22-12)16(19)20/h3-7H,8-9H2,1-2H3,(H,17,18)(H,19,20). The number of aryl methyl sites for hydroxylation is 2. The van der Waals surface area contributed by atoms with Crippen molar-refractivity contribution < 1.29 is 23.8 Å². The van der Waals surface area contributed by atoms with Gasteiger partial charge in [-0.15, -0.1) is 0 Å². The molecule has 1 aromatic carbocycles. The van der Waals surface area contributed by atoms with Gasteiger partial charge in [0.1, 0.15) is 12.4 Å². The summed E-state index contributed by atoms with van der Waals surface area (Å²) in [6.07, 6.45) is 0. The normalized spacial score (nSPS) is 10.3. The summed E-state index contributed by atoms with van der Waals surface area (Å²) in [7, 11) is 0. The molecule has 0 spiro atoms. The lowest BCUT2D eigenvalue weighted by Crippen LogP contribution is -2.27. The lowest BCUT2D eigenvalue weighted by Gasteiger charge is -2.12. The van der Waals surface area contributed by atoms with Crippen molar-refractivity contribution in [1.82, 2.24) is 5.32 Å². The lowest BCUT2D eigenvalue weighted by atomic mass is 10.1. The molecule has 0 aliphatic carbocycles. The molecule has 0 atom stereocenters. The van der Waals surface area contributed by atoms with E-state index >= 15 is 0 Å². The zero-order chi connectivity index (χ0) is 16.1. The maximum atomic E-state index is 11.8. The Balaban J connectivity index is 1.83. The van der Waals surface area contributed by atoms with Gasteiger partial charge in [-0.05, 0) is 37.1 Å². The molecule has 0 radical (unpaired) electrons. The molecule has 2 rings (SSSR count). The number of para-hydroxylation sites is 1. The smallest absolute Gasteiger partial charge is 0.371 e. The molecule has 116 valence electrons. The average molecular weight is 303 g/mol. The van der Waals surface area contributed by atoms with E-state index in [2.05, 4.69) is 5.32 Å². The van der Waals surface area contributed by atoms with Crippen molar-refractivity contribution in [3.05, 3.63) is 53.0 Å². The van der Waals surface area contributed by atoms with Crippen LogP contribution >= 0.6 is 0 Å². The topological polar surface area (TPSA) is 88.8 Å². The Hall–Kier alpha value is -2.76. The van der Waals surface area contributed by atoms with Gasteiger partial charge >= 0.3 is 5.97 Å². The Morgan fingerprint density at radius 3 is 2.36 bits per heavy atom. The third-order valence-corrected chi connectivity index (χ3v) is 3.08. The molecule has 6 heteroatoms. The van der Waals surface area contributed by atoms with Crippen molar-refractivity contribution in [2.75, 3.05) is 13.2 Å². The van der Waals surface area contributed by atoms with Crippen molar-refractivity contribution in [3.63, 3.8) is 0 Å². The fourth-order valence-electron chi connectivity index (χ4n) is 2.01. The molecule has 22 heavy (non-hydrogen) atoms. The largest absolute Gasteiger partial charge is 0.491 e. The van der Waals surface area contributed by atoms with Crippen LogP contribution in [0.5, 0.6) is 5.75 Å². The lowest BCUT2D eigenvalue weighted by molar-refractivity contribution is 0.0659. The summed E-state index contributed by atoms with van der Waals surface area (Å²) >= 11 is 0. The first-order chi connectivity index (χ1) is 10.5. The molecule has 0 fully saturated rings. The van der Waals surface area contributed by atoms with Crippen LogP contribution in [0.4, 0.5) is 0 Å². The Morgan fingerprint density at radius 2 is 1.77 bits per heavy atom. The summed E-state index contributed by atoms with van der Waals surface area (Å²) in [4.78, 5) is 22.4. The number of carbonyl (C=O) groups is 2. The van der Waals surface area contributed by atoms with Gasteiger partial charge in [-0.2, -0.15) is 0 Å². The molecule has 0 saturated carbocycles. The van der Waals surface area contributed by atoms with E-state index in [9.17, 15) is 9.59 Å². The zero-order valence-electron chi connectivity index (χ0n) is 12.4. The first-order valence-electron chi connectivity index (χ1n) is 6.79. The summed E-state index contributed by atoms with van der Waals surface area (Å²) in [5.74, 6) is -1.18. The Bertz CT molecular complexity index is 669. The maximum Gasteiger partial charge on any atom is 0.371 e. The fourth-order valence-corrected chi connectivity index (χ4v) is 2.01. The van der Waals surface area contributed by atoms with Crippen LogP contribution in [0.1, 0.15) is 32.2 Å². The van der Waals surface area contributed by atoms with Crippen LogP contribution in [-0.2, 0) is 0 Å². The van der Waals surface area contributed by atoms with Crippen LogP contribution in [0, 0.1) is 13.8 Å². The number of rotatable bonds is 6. The first kappa shape index (κ1) is 15.6. The van der Waals surface area contributed by atoms with Crippen LogP contribution in [-0.4, -0.2) is 30.1 Å². The summed E-state index contributed by atoms with van der Waals surface area (Å²) in [6.45, 7) is 4.51. The zero-order valence-corrected chi connectivity index (χ0v) is 12.4. The highest BCUT2D eigenvalue weighted by Crippen LogP contribution is 2.21. The van der Waals surface area contributed by atoms with Gasteiger partial charge in [0, 0.05) is 0 Å². The van der Waals surface area contributed by atoms with Crippen LogP contribution < -0.4 is 10.1 Å². The number of furan rings is 1. The van der Waals surface area contributed by atoms with Gasteiger partial charge in [0.2, 0.25) is 5.76 Å². The number of carbonyl (C=O) groups excluding carboxylic acids is 1. The number of benzene rings is 1. The number of amides is 1. The highest BCUT2D eigenvalue weighted by Gasteiger charge is 2.14. The second kappa shape index (κ2) is 6.80. The van der Waals surface area contributed by atoms with E-state index in [0.29, 0.717) is 6.61 Å². The van der Waals surface area contributed by atoms with Crippen LogP contribution in [0.2, 0.25) is 0 Å². The fraction of sp³-hybridized carbons (Fsp3) is 0.250. The minimum atomic E-state index is -1.21. The van der Waals surface area contributed by atoms with Crippen molar-refractivity contribution >= 4 is 11.9 Å². The average Bonchev–Trinajstić information content (AvgIpc) is 2.96. The molecule has 6 nitrogen and oxygen atoms in total. The van der Waals surface area contributed by atoms with Gasteiger partial charge in [-0.1, -0.05) is 18.2 Å². The molecule has 2 aromatic rings. The van der Waals surface area contributed by atoms with Gasteiger partial charge in [0.15, 0.2) is 5.76 Å². The maximum absolute atomic E-state index is 11.8. The molecule has 1 amide bonds. The number of carboxylic acids is 1. The van der Waals surface area contributed by atoms with Crippen LogP contribution in [0.3, 0.4) is 0 Å². The molecule has 0 aliphatic heterocycles. The number of ether oxygens (including phenoxy) is 1. The highest BCUT2D eigenvalue weighted by molar-refractivity contribution is 5.93. The van der Waals surface area contributed by atoms with E-state index in [4.69, 9.17) is 14.3 Å². The molecule has 2 N–H and O–H groups in total. The summed E-state index contributed by atoms with van der Waals surface area (Å²) in [5, 5.41) is 11.3. The number of aromatic carboxylic acids is 1. The van der Waals surface area contributed by atoms with Crippen molar-refractivity contribution in [3.8, 4) is 5.75 Å². The molecule has 0 saturated heterocycles. The molecule has 1 heterocycles. The predicted octanol–water partition coefficient (Wildman–Crippen LogP) is 2.40. The highest BCUT2D eigenvalue weighted by atomic mass is 16.5. The van der Waals surface area contributed by atoms with E-state index in [1.165, 1.54) is 12.1 Å². The Kier molecular flexibility index (Phi) is 4.83. The third-order valence-electron chi connectivity index (χ3n) is 3.08. The molecule has 0 bridgehead atoms. The number of hydrogen-bond donors (Lipinski definition) is 2. The predicted molar refractivity (Wildman–Crippen MR) is 79.4 cm³/mol. The SMILES string of the molecule is Cc1cccc(C)c1OCCNC(=O)c1ccc(C(=O)O)o1. The molecule has 1 aromatic heterocycles. The van der Waals surface area contributed by atoms with Gasteiger partial charge in [0.05, 0.1) is 6.54 Å². The summed E-state index contributed by atoms with van der Waals surface area (Å²) in [6, 6.07) is 8.43. The van der Waals surface area contributed by atoms with E-state index in [1.54, 1.807) is 0 Å². The Labute approximate surface area is 127 Å². The molecular formula is C16H17NO5. The monoisotopic (exact) mass is 303 g/mol. The number of hydrogen-bond acceptors (Lipinski definition) is 4. The van der Waals surface area contributed by atoms with E-state index in [0.717, 1.165) is 16.9 Å². The van der Waals surface area contributed by atoms with Crippen molar-refractivity contribution in [2.45, 2.75) is 13.8 Å². The molecule has 0 unspecified atom stereocenters. The summed E-state index contributed by atoms with van der Waals surface area (Å²) < 4.78 is 10.6. The minimum absolute atomic E-state index is 0.0375. The van der Waals surface area contributed by atoms with E-state index in [1.807, 2.05) is 32.0 Å². The number of nitrogens with one attached hydrogen (secondary N) is 1.